The van der Waals surface area contributed by atoms with Crippen LogP contribution in [0, 0.1) is 17.7 Å². The molecule has 4 rings (SSSR count). The Balaban J connectivity index is 1.46. The van der Waals surface area contributed by atoms with Crippen LogP contribution < -0.4 is 26.4 Å². The molecule has 7 nitrogen and oxygen atoms in total. The van der Waals surface area contributed by atoms with Gasteiger partial charge in [0.2, 0.25) is 5.95 Å². The molecule has 0 bridgehead atoms. The summed E-state index contributed by atoms with van der Waals surface area (Å²) in [6.07, 6.45) is 4.47. The quantitative estimate of drug-likeness (QED) is 0.640. The molecule has 4 atom stereocenters. The van der Waals surface area contributed by atoms with Crippen LogP contribution in [0.3, 0.4) is 0 Å². The number of hydrazine groups is 1. The van der Waals surface area contributed by atoms with Crippen molar-refractivity contribution >= 4 is 11.8 Å². The zero-order valence-corrected chi connectivity index (χ0v) is 14.8. The molecule has 4 N–H and O–H groups in total. The van der Waals surface area contributed by atoms with Gasteiger partial charge in [-0.1, -0.05) is 6.92 Å². The normalized spacial score (nSPS) is 33.0. The molecule has 8 heteroatoms. The highest BCUT2D eigenvalue weighted by Crippen LogP contribution is 2.29. The van der Waals surface area contributed by atoms with Gasteiger partial charge in [0.15, 0.2) is 11.6 Å². The summed E-state index contributed by atoms with van der Waals surface area (Å²) in [6, 6.07) is 0.819. The first-order valence-corrected chi connectivity index (χ1v) is 9.42. The number of anilines is 2. The third-order valence-electron chi connectivity index (χ3n) is 5.57. The molecular formula is C17H28FN7. The first-order chi connectivity index (χ1) is 12.2. The molecule has 3 aliphatic rings. The van der Waals surface area contributed by atoms with Gasteiger partial charge in [-0.2, -0.15) is 4.98 Å². The molecule has 1 aliphatic carbocycles. The predicted molar refractivity (Wildman–Crippen MR) is 95.9 cm³/mol. The standard InChI is InChI=1S/C17H28FN7/c1-11-7-19-4-5-25(10-11)17-20-9-14(18)16(23-17)22-13-2-3-15-12(6-13)8-21-24-15/h9,11-13,15,19,21,24H,2-8,10H2,1H3,(H,20,22,23). The SMILES string of the molecule is CC1CNCCN(c2ncc(F)c(NC3CCC4NNCC4C3)n2)C1. The van der Waals surface area contributed by atoms with Gasteiger partial charge in [0, 0.05) is 38.3 Å². The lowest BCUT2D eigenvalue weighted by atomic mass is 9.83. The van der Waals surface area contributed by atoms with Gasteiger partial charge in [0.05, 0.1) is 6.20 Å². The minimum Gasteiger partial charge on any atom is -0.365 e. The summed E-state index contributed by atoms with van der Waals surface area (Å²) < 4.78 is 14.3. The summed E-state index contributed by atoms with van der Waals surface area (Å²) in [5.41, 5.74) is 6.56. The van der Waals surface area contributed by atoms with E-state index in [1.807, 2.05) is 0 Å². The fourth-order valence-corrected chi connectivity index (χ4v) is 4.21. The van der Waals surface area contributed by atoms with E-state index in [0.29, 0.717) is 29.6 Å². The molecule has 0 aromatic carbocycles. The fourth-order valence-electron chi connectivity index (χ4n) is 4.21. The molecule has 2 aliphatic heterocycles. The largest absolute Gasteiger partial charge is 0.365 e. The van der Waals surface area contributed by atoms with Crippen LogP contribution in [0.15, 0.2) is 6.20 Å². The Bertz CT molecular complexity index is 598. The second kappa shape index (κ2) is 7.39. The molecular weight excluding hydrogens is 321 g/mol. The Morgan fingerprint density at radius 2 is 2.24 bits per heavy atom. The molecule has 3 heterocycles. The van der Waals surface area contributed by atoms with Crippen molar-refractivity contribution in [1.29, 1.82) is 0 Å². The smallest absolute Gasteiger partial charge is 0.227 e. The van der Waals surface area contributed by atoms with E-state index in [4.69, 9.17) is 0 Å². The van der Waals surface area contributed by atoms with Gasteiger partial charge in [-0.15, -0.1) is 0 Å². The molecule has 4 unspecified atom stereocenters. The van der Waals surface area contributed by atoms with E-state index >= 15 is 0 Å². The topological polar surface area (TPSA) is 77.1 Å². The van der Waals surface area contributed by atoms with E-state index in [0.717, 1.165) is 52.0 Å². The first-order valence-electron chi connectivity index (χ1n) is 9.42. The molecule has 1 aromatic heterocycles. The van der Waals surface area contributed by atoms with Crippen LogP contribution >= 0.6 is 0 Å². The predicted octanol–water partition coefficient (Wildman–Crippen LogP) is 0.718. The van der Waals surface area contributed by atoms with Gasteiger partial charge >= 0.3 is 0 Å². The molecule has 3 fully saturated rings. The summed E-state index contributed by atoms with van der Waals surface area (Å²) in [4.78, 5) is 10.9. The van der Waals surface area contributed by atoms with Crippen LogP contribution in [0.4, 0.5) is 16.2 Å². The molecule has 138 valence electrons. The summed E-state index contributed by atoms with van der Waals surface area (Å²) in [6.45, 7) is 6.83. The highest BCUT2D eigenvalue weighted by atomic mass is 19.1. The third kappa shape index (κ3) is 3.86. The molecule has 1 aromatic rings. The molecule has 1 saturated carbocycles. The number of hydrogen-bond donors (Lipinski definition) is 4. The van der Waals surface area contributed by atoms with Gasteiger partial charge in [0.1, 0.15) is 0 Å². The van der Waals surface area contributed by atoms with Gasteiger partial charge < -0.3 is 15.5 Å². The maximum atomic E-state index is 14.3. The minimum absolute atomic E-state index is 0.268. The number of hydrogen-bond acceptors (Lipinski definition) is 7. The van der Waals surface area contributed by atoms with Crippen molar-refractivity contribution in [3.63, 3.8) is 0 Å². The van der Waals surface area contributed by atoms with Crippen molar-refractivity contribution in [1.82, 2.24) is 26.1 Å². The van der Waals surface area contributed by atoms with Crippen LogP contribution in [0.2, 0.25) is 0 Å². The van der Waals surface area contributed by atoms with Gasteiger partial charge in [-0.25, -0.2) is 9.37 Å². The zero-order valence-electron chi connectivity index (χ0n) is 14.8. The Morgan fingerprint density at radius 1 is 1.32 bits per heavy atom. The van der Waals surface area contributed by atoms with Crippen molar-refractivity contribution in [3.05, 3.63) is 12.0 Å². The van der Waals surface area contributed by atoms with Crippen LogP contribution in [0.25, 0.3) is 0 Å². The second-order valence-electron chi connectivity index (χ2n) is 7.67. The van der Waals surface area contributed by atoms with Crippen LogP contribution in [-0.4, -0.2) is 54.8 Å². The Morgan fingerprint density at radius 3 is 3.16 bits per heavy atom. The Hall–Kier alpha value is -1.51. The minimum atomic E-state index is -0.366. The monoisotopic (exact) mass is 349 g/mol. The highest BCUT2D eigenvalue weighted by Gasteiger charge is 2.34. The van der Waals surface area contributed by atoms with Crippen LogP contribution in [0.1, 0.15) is 26.2 Å². The fraction of sp³-hybridized carbons (Fsp3) is 0.765. The number of nitrogens with one attached hydrogen (secondary N) is 4. The molecule has 0 spiro atoms. The number of halogens is 1. The maximum absolute atomic E-state index is 14.3. The van der Waals surface area contributed by atoms with Crippen molar-refractivity contribution in [2.45, 2.75) is 38.3 Å². The molecule has 0 radical (unpaired) electrons. The number of nitrogens with zero attached hydrogens (tertiary/aromatic N) is 3. The van der Waals surface area contributed by atoms with Crippen molar-refractivity contribution in [3.8, 4) is 0 Å². The lowest BCUT2D eigenvalue weighted by Gasteiger charge is -2.31. The van der Waals surface area contributed by atoms with Gasteiger partial charge in [-0.05, 0) is 37.6 Å². The number of fused-ring (bicyclic) bond motifs is 1. The molecule has 25 heavy (non-hydrogen) atoms. The van der Waals surface area contributed by atoms with E-state index in [1.54, 1.807) is 0 Å². The summed E-state index contributed by atoms with van der Waals surface area (Å²) in [5.74, 6) is 1.72. The zero-order chi connectivity index (χ0) is 17.2. The summed E-state index contributed by atoms with van der Waals surface area (Å²) in [5, 5.41) is 6.76. The van der Waals surface area contributed by atoms with Crippen LogP contribution in [-0.2, 0) is 0 Å². The highest BCUT2D eigenvalue weighted by molar-refractivity contribution is 5.43. The molecule has 0 amide bonds. The van der Waals surface area contributed by atoms with E-state index in [-0.39, 0.29) is 11.9 Å². The summed E-state index contributed by atoms with van der Waals surface area (Å²) >= 11 is 0. The first kappa shape index (κ1) is 16.9. The van der Waals surface area contributed by atoms with Crippen molar-refractivity contribution < 1.29 is 4.39 Å². The molecule has 2 saturated heterocycles. The van der Waals surface area contributed by atoms with Gasteiger partial charge in [0.25, 0.3) is 0 Å². The van der Waals surface area contributed by atoms with Crippen LogP contribution in [0.5, 0.6) is 0 Å². The number of aromatic nitrogens is 2. The lowest BCUT2D eigenvalue weighted by molar-refractivity contribution is 0.313. The van der Waals surface area contributed by atoms with E-state index in [1.165, 1.54) is 6.20 Å². The Kier molecular flexibility index (Phi) is 5.00. The van der Waals surface area contributed by atoms with Gasteiger partial charge in [-0.3, -0.25) is 10.9 Å². The average molecular weight is 349 g/mol. The Labute approximate surface area is 148 Å². The van der Waals surface area contributed by atoms with Crippen molar-refractivity contribution in [2.24, 2.45) is 11.8 Å². The lowest BCUT2D eigenvalue weighted by Crippen LogP contribution is -2.39. The number of rotatable bonds is 3. The summed E-state index contributed by atoms with van der Waals surface area (Å²) in [7, 11) is 0. The second-order valence-corrected chi connectivity index (χ2v) is 7.67. The third-order valence-corrected chi connectivity index (χ3v) is 5.57. The average Bonchev–Trinajstić information content (AvgIpc) is 2.96. The van der Waals surface area contributed by atoms with Crippen molar-refractivity contribution in [2.75, 3.05) is 42.9 Å². The van der Waals surface area contributed by atoms with E-state index in [2.05, 4.69) is 43.3 Å². The van der Waals surface area contributed by atoms with E-state index in [9.17, 15) is 4.39 Å². The van der Waals surface area contributed by atoms with E-state index < -0.39 is 0 Å². The maximum Gasteiger partial charge on any atom is 0.227 e.